The Morgan fingerprint density at radius 2 is 1.62 bits per heavy atom. The number of aromatic nitrogens is 1. The van der Waals surface area contributed by atoms with Crippen LogP contribution in [-0.2, 0) is 25.8 Å². The molecule has 170 valence electrons. The highest BCUT2D eigenvalue weighted by atomic mass is 19.4. The van der Waals surface area contributed by atoms with Gasteiger partial charge in [0.25, 0.3) is 0 Å². The standard InChI is InChI=1S/C24H25F3N2O3/c25-24(26,27)32-20-6-2-1-5-19(20)30-14-15-31-21-8-7-16-4-3-13-29-18-10-12-28-11-9-17(18)22(21)23(16)29/h1-2,5-8,28H,3-4,9-15H2. The Kier molecular flexibility index (Phi) is 5.63. The summed E-state index contributed by atoms with van der Waals surface area (Å²) < 4.78 is 56.0. The molecular weight excluding hydrogens is 421 g/mol. The number of alkyl halides is 3. The fourth-order valence-electron chi connectivity index (χ4n) is 4.84. The number of hydrogen-bond acceptors (Lipinski definition) is 4. The topological polar surface area (TPSA) is 44.7 Å². The van der Waals surface area contributed by atoms with Crippen molar-refractivity contribution in [2.24, 2.45) is 0 Å². The molecule has 0 atom stereocenters. The lowest BCUT2D eigenvalue weighted by atomic mass is 10.0. The SMILES string of the molecule is FC(F)(F)Oc1ccccc1OCCOc1ccc2c3c1c1c(n3CCC2)CCNCC1. The zero-order valence-corrected chi connectivity index (χ0v) is 17.6. The van der Waals surface area contributed by atoms with Crippen LogP contribution in [0.1, 0.15) is 23.2 Å². The van der Waals surface area contributed by atoms with Crippen LogP contribution in [0.3, 0.4) is 0 Å². The first-order valence-electron chi connectivity index (χ1n) is 11.0. The minimum atomic E-state index is -4.77. The predicted molar refractivity (Wildman–Crippen MR) is 115 cm³/mol. The highest BCUT2D eigenvalue weighted by Crippen LogP contribution is 2.40. The smallest absolute Gasteiger partial charge is 0.489 e. The number of nitrogens with one attached hydrogen (secondary N) is 1. The molecule has 0 spiro atoms. The molecular formula is C24H25F3N2O3. The van der Waals surface area contributed by atoms with E-state index in [4.69, 9.17) is 9.47 Å². The first-order valence-corrected chi connectivity index (χ1v) is 11.0. The van der Waals surface area contributed by atoms with Crippen molar-refractivity contribution in [3.8, 4) is 17.2 Å². The van der Waals surface area contributed by atoms with Gasteiger partial charge in [0.15, 0.2) is 11.5 Å². The van der Waals surface area contributed by atoms with Gasteiger partial charge in [-0.05, 0) is 55.1 Å². The minimum Gasteiger partial charge on any atom is -0.489 e. The number of halogens is 3. The van der Waals surface area contributed by atoms with Gasteiger partial charge in [-0.2, -0.15) is 0 Å². The quantitative estimate of drug-likeness (QED) is 0.561. The number of nitrogens with zero attached hydrogens (tertiary/aromatic N) is 1. The molecule has 0 radical (unpaired) electrons. The molecule has 0 saturated heterocycles. The van der Waals surface area contributed by atoms with Crippen LogP contribution in [0.2, 0.25) is 0 Å². The third kappa shape index (κ3) is 4.11. The van der Waals surface area contributed by atoms with E-state index < -0.39 is 6.36 Å². The lowest BCUT2D eigenvalue weighted by Gasteiger charge is -2.19. The Morgan fingerprint density at radius 1 is 0.875 bits per heavy atom. The second-order valence-corrected chi connectivity index (χ2v) is 8.07. The third-order valence-corrected chi connectivity index (χ3v) is 6.06. The fourth-order valence-corrected chi connectivity index (χ4v) is 4.84. The van der Waals surface area contributed by atoms with Crippen molar-refractivity contribution < 1.29 is 27.4 Å². The van der Waals surface area contributed by atoms with Crippen molar-refractivity contribution in [1.29, 1.82) is 0 Å². The molecule has 5 rings (SSSR count). The largest absolute Gasteiger partial charge is 0.573 e. The van der Waals surface area contributed by atoms with E-state index in [1.807, 2.05) is 6.07 Å². The van der Waals surface area contributed by atoms with E-state index in [1.165, 1.54) is 45.9 Å². The number of fused-ring (bicyclic) bond motifs is 3. The maximum Gasteiger partial charge on any atom is 0.573 e. The molecule has 1 aromatic heterocycles. The van der Waals surface area contributed by atoms with E-state index in [1.54, 1.807) is 6.07 Å². The number of benzene rings is 2. The van der Waals surface area contributed by atoms with Gasteiger partial charge >= 0.3 is 6.36 Å². The van der Waals surface area contributed by atoms with Crippen molar-refractivity contribution in [2.45, 2.75) is 38.6 Å². The summed E-state index contributed by atoms with van der Waals surface area (Å²) in [5, 5.41) is 4.66. The van der Waals surface area contributed by atoms with Gasteiger partial charge in [-0.1, -0.05) is 18.2 Å². The van der Waals surface area contributed by atoms with E-state index in [-0.39, 0.29) is 24.7 Å². The van der Waals surface area contributed by atoms with E-state index in [0.717, 1.165) is 51.1 Å². The van der Waals surface area contributed by atoms with Crippen LogP contribution < -0.4 is 19.5 Å². The van der Waals surface area contributed by atoms with Crippen LogP contribution in [0.25, 0.3) is 10.9 Å². The Hall–Kier alpha value is -2.87. The van der Waals surface area contributed by atoms with Crippen molar-refractivity contribution in [3.05, 3.63) is 53.2 Å². The molecule has 1 N–H and O–H groups in total. The van der Waals surface area contributed by atoms with Crippen molar-refractivity contribution in [2.75, 3.05) is 26.3 Å². The third-order valence-electron chi connectivity index (χ3n) is 6.06. The second-order valence-electron chi connectivity index (χ2n) is 8.07. The predicted octanol–water partition coefficient (Wildman–Crippen LogP) is 4.63. The summed E-state index contributed by atoms with van der Waals surface area (Å²) in [5.74, 6) is 0.490. The van der Waals surface area contributed by atoms with Crippen LogP contribution in [0.15, 0.2) is 36.4 Å². The van der Waals surface area contributed by atoms with Gasteiger partial charge in [0.05, 0.1) is 5.52 Å². The summed E-state index contributed by atoms with van der Waals surface area (Å²) in [6, 6.07) is 9.92. The molecule has 3 aromatic rings. The van der Waals surface area contributed by atoms with Crippen LogP contribution in [0.4, 0.5) is 13.2 Å². The van der Waals surface area contributed by atoms with Crippen LogP contribution in [-0.4, -0.2) is 37.2 Å². The molecule has 0 bridgehead atoms. The number of para-hydroxylation sites is 2. The Labute approximate surface area is 184 Å². The molecule has 2 aliphatic rings. The van der Waals surface area contributed by atoms with Crippen LogP contribution >= 0.6 is 0 Å². The van der Waals surface area contributed by atoms with Gasteiger partial charge < -0.3 is 24.1 Å². The fraction of sp³-hybridized carbons (Fsp3) is 0.417. The normalized spacial score (nSPS) is 15.8. The zero-order valence-electron chi connectivity index (χ0n) is 17.6. The summed E-state index contributed by atoms with van der Waals surface area (Å²) >= 11 is 0. The number of ether oxygens (including phenoxy) is 3. The molecule has 32 heavy (non-hydrogen) atoms. The molecule has 3 heterocycles. The first kappa shape index (κ1) is 21.0. The lowest BCUT2D eigenvalue weighted by molar-refractivity contribution is -0.275. The van der Waals surface area contributed by atoms with Gasteiger partial charge in [0, 0.05) is 30.6 Å². The molecule has 8 heteroatoms. The number of hydrogen-bond donors (Lipinski definition) is 1. The van der Waals surface area contributed by atoms with Gasteiger partial charge in [0.2, 0.25) is 0 Å². The Bertz CT molecular complexity index is 1120. The lowest BCUT2D eigenvalue weighted by Crippen LogP contribution is -2.18. The first-order chi connectivity index (χ1) is 15.5. The summed E-state index contributed by atoms with van der Waals surface area (Å²) in [4.78, 5) is 0. The Morgan fingerprint density at radius 3 is 2.44 bits per heavy atom. The summed E-state index contributed by atoms with van der Waals surface area (Å²) in [6.07, 6.45) is -0.603. The molecule has 0 saturated carbocycles. The molecule has 0 amide bonds. The summed E-state index contributed by atoms with van der Waals surface area (Å²) in [7, 11) is 0. The van der Waals surface area contributed by atoms with Gasteiger partial charge in [-0.15, -0.1) is 13.2 Å². The number of aryl methyl sites for hydroxylation is 2. The molecule has 5 nitrogen and oxygen atoms in total. The van der Waals surface area contributed by atoms with E-state index >= 15 is 0 Å². The molecule has 0 unspecified atom stereocenters. The maximum absolute atomic E-state index is 12.6. The Balaban J connectivity index is 1.34. The highest BCUT2D eigenvalue weighted by molar-refractivity contribution is 5.94. The zero-order chi connectivity index (χ0) is 22.1. The maximum atomic E-state index is 12.6. The minimum absolute atomic E-state index is 0.0365. The van der Waals surface area contributed by atoms with Crippen molar-refractivity contribution >= 4 is 10.9 Å². The summed E-state index contributed by atoms with van der Waals surface area (Å²) in [6.45, 7) is 3.26. The second kappa shape index (κ2) is 8.58. The molecule has 0 aliphatic carbocycles. The summed E-state index contributed by atoms with van der Waals surface area (Å²) in [5.41, 5.74) is 5.39. The molecule has 2 aliphatic heterocycles. The molecule has 2 aromatic carbocycles. The van der Waals surface area contributed by atoms with Crippen LogP contribution in [0.5, 0.6) is 17.2 Å². The van der Waals surface area contributed by atoms with E-state index in [2.05, 4.69) is 20.7 Å². The van der Waals surface area contributed by atoms with Gasteiger partial charge in [-0.25, -0.2) is 0 Å². The van der Waals surface area contributed by atoms with Gasteiger partial charge in [-0.3, -0.25) is 0 Å². The van der Waals surface area contributed by atoms with Crippen LogP contribution in [0, 0.1) is 0 Å². The molecule has 0 fully saturated rings. The van der Waals surface area contributed by atoms with Crippen molar-refractivity contribution in [1.82, 2.24) is 9.88 Å². The van der Waals surface area contributed by atoms with Crippen molar-refractivity contribution in [3.63, 3.8) is 0 Å². The van der Waals surface area contributed by atoms with E-state index in [0.29, 0.717) is 0 Å². The van der Waals surface area contributed by atoms with E-state index in [9.17, 15) is 13.2 Å². The number of rotatable bonds is 6. The van der Waals surface area contributed by atoms with Gasteiger partial charge in [0.1, 0.15) is 19.0 Å². The average molecular weight is 446 g/mol. The monoisotopic (exact) mass is 446 g/mol. The average Bonchev–Trinajstić information content (AvgIpc) is 2.92. The highest BCUT2D eigenvalue weighted by Gasteiger charge is 2.32.